The van der Waals surface area contributed by atoms with Crippen molar-refractivity contribution in [3.05, 3.63) is 0 Å². The lowest BCUT2D eigenvalue weighted by Gasteiger charge is -2.40. The van der Waals surface area contributed by atoms with Gasteiger partial charge in [-0.3, -0.25) is 4.90 Å². The van der Waals surface area contributed by atoms with E-state index in [1.807, 2.05) is 0 Å². The number of hydrogen-bond acceptors (Lipinski definition) is 4. The number of methoxy groups -OCH3 is 1. The molecule has 0 aromatic rings. The Kier molecular flexibility index (Phi) is 6.41. The summed E-state index contributed by atoms with van der Waals surface area (Å²) in [6, 6.07) is 0.453. The van der Waals surface area contributed by atoms with Gasteiger partial charge in [-0.15, -0.1) is 0 Å². The van der Waals surface area contributed by atoms with Crippen LogP contribution in [-0.4, -0.2) is 55.5 Å². The number of ether oxygens (including phenoxy) is 1. The Bertz CT molecular complexity index is 206. The molecule has 0 heterocycles. The lowest BCUT2D eigenvalue weighted by atomic mass is 9.86. The van der Waals surface area contributed by atoms with Crippen LogP contribution in [0.4, 0.5) is 0 Å². The smallest absolute Gasteiger partial charge is 0.0629 e. The third-order valence-electron chi connectivity index (χ3n) is 4.12. The summed E-state index contributed by atoms with van der Waals surface area (Å²) in [5, 5.41) is 9.50. The van der Waals surface area contributed by atoms with E-state index < -0.39 is 0 Å². The zero-order valence-corrected chi connectivity index (χ0v) is 11.4. The molecule has 1 saturated carbocycles. The normalized spacial score (nSPS) is 29.3. The van der Waals surface area contributed by atoms with Gasteiger partial charge in [0, 0.05) is 19.2 Å². The standard InChI is InChI=1S/C13H28N2O2/c1-10-4-6-11(7-5-10)15(2)13(8-16)12(14)9-17-3/h10-13,16H,4-9,14H2,1-3H3. The number of likely N-dealkylation sites (N-methyl/N-ethyl adjacent to an activating group) is 1. The topological polar surface area (TPSA) is 58.7 Å². The molecule has 0 aromatic carbocycles. The quantitative estimate of drug-likeness (QED) is 0.726. The van der Waals surface area contributed by atoms with Crippen molar-refractivity contribution in [1.82, 2.24) is 4.90 Å². The van der Waals surface area contributed by atoms with Crippen LogP contribution >= 0.6 is 0 Å². The molecule has 4 heteroatoms. The van der Waals surface area contributed by atoms with E-state index in [0.29, 0.717) is 12.6 Å². The zero-order chi connectivity index (χ0) is 12.8. The predicted molar refractivity (Wildman–Crippen MR) is 69.9 cm³/mol. The van der Waals surface area contributed by atoms with Crippen LogP contribution in [0, 0.1) is 5.92 Å². The Morgan fingerprint density at radius 1 is 1.35 bits per heavy atom. The van der Waals surface area contributed by atoms with Gasteiger partial charge in [0.15, 0.2) is 0 Å². The Labute approximate surface area is 105 Å². The van der Waals surface area contributed by atoms with Crippen molar-refractivity contribution in [2.45, 2.75) is 50.7 Å². The van der Waals surface area contributed by atoms with Crippen LogP contribution in [0.3, 0.4) is 0 Å². The first-order chi connectivity index (χ1) is 8.10. The highest BCUT2D eigenvalue weighted by Gasteiger charge is 2.29. The van der Waals surface area contributed by atoms with Crippen molar-refractivity contribution in [3.8, 4) is 0 Å². The first kappa shape index (κ1) is 14.9. The summed E-state index contributed by atoms with van der Waals surface area (Å²) < 4.78 is 5.08. The molecule has 0 aromatic heterocycles. The number of rotatable bonds is 6. The second-order valence-corrected chi connectivity index (χ2v) is 5.45. The van der Waals surface area contributed by atoms with Gasteiger partial charge in [-0.2, -0.15) is 0 Å². The molecule has 0 radical (unpaired) electrons. The van der Waals surface area contributed by atoms with Crippen molar-refractivity contribution in [2.24, 2.45) is 11.7 Å². The molecule has 1 rings (SSSR count). The SMILES string of the molecule is COCC(N)C(CO)N(C)C1CCC(C)CC1. The fourth-order valence-corrected chi connectivity index (χ4v) is 2.79. The molecule has 3 N–H and O–H groups in total. The molecule has 2 unspecified atom stereocenters. The molecule has 0 saturated heterocycles. The molecule has 0 aliphatic heterocycles. The number of aliphatic hydroxyl groups is 1. The van der Waals surface area contributed by atoms with Gasteiger partial charge in [0.1, 0.15) is 0 Å². The van der Waals surface area contributed by atoms with E-state index in [4.69, 9.17) is 10.5 Å². The van der Waals surface area contributed by atoms with E-state index in [1.54, 1.807) is 7.11 Å². The average molecular weight is 244 g/mol. The third-order valence-corrected chi connectivity index (χ3v) is 4.12. The molecule has 4 nitrogen and oxygen atoms in total. The van der Waals surface area contributed by atoms with Crippen molar-refractivity contribution in [2.75, 3.05) is 27.4 Å². The first-order valence-electron chi connectivity index (χ1n) is 6.67. The summed E-state index contributed by atoms with van der Waals surface area (Å²) in [6.45, 7) is 2.92. The summed E-state index contributed by atoms with van der Waals surface area (Å²) in [5.41, 5.74) is 6.05. The van der Waals surface area contributed by atoms with E-state index >= 15 is 0 Å². The maximum Gasteiger partial charge on any atom is 0.0629 e. The molecule has 1 fully saturated rings. The fraction of sp³-hybridized carbons (Fsp3) is 1.00. The van der Waals surface area contributed by atoms with Crippen LogP contribution in [0.15, 0.2) is 0 Å². The highest BCUT2D eigenvalue weighted by atomic mass is 16.5. The molecule has 102 valence electrons. The molecule has 0 spiro atoms. The second-order valence-electron chi connectivity index (χ2n) is 5.45. The Hall–Kier alpha value is -0.160. The minimum absolute atomic E-state index is 0.00774. The fourth-order valence-electron chi connectivity index (χ4n) is 2.79. The summed E-state index contributed by atoms with van der Waals surface area (Å²) in [5.74, 6) is 0.847. The van der Waals surface area contributed by atoms with E-state index in [2.05, 4.69) is 18.9 Å². The van der Waals surface area contributed by atoms with Crippen LogP contribution in [-0.2, 0) is 4.74 Å². The molecule has 1 aliphatic carbocycles. The molecular formula is C13H28N2O2. The minimum atomic E-state index is -0.116. The van der Waals surface area contributed by atoms with Crippen molar-refractivity contribution < 1.29 is 9.84 Å². The van der Waals surface area contributed by atoms with E-state index in [-0.39, 0.29) is 18.7 Å². The number of aliphatic hydroxyl groups excluding tert-OH is 1. The van der Waals surface area contributed by atoms with Gasteiger partial charge in [0.2, 0.25) is 0 Å². The lowest BCUT2D eigenvalue weighted by Crippen LogP contribution is -2.54. The Morgan fingerprint density at radius 3 is 2.41 bits per heavy atom. The van der Waals surface area contributed by atoms with Gasteiger partial charge in [0.05, 0.1) is 19.3 Å². The van der Waals surface area contributed by atoms with Gasteiger partial charge in [-0.05, 0) is 38.6 Å². The van der Waals surface area contributed by atoms with E-state index in [9.17, 15) is 5.11 Å². The van der Waals surface area contributed by atoms with Gasteiger partial charge >= 0.3 is 0 Å². The highest BCUT2D eigenvalue weighted by Crippen LogP contribution is 2.27. The molecule has 0 bridgehead atoms. The van der Waals surface area contributed by atoms with Crippen LogP contribution in [0.5, 0.6) is 0 Å². The molecular weight excluding hydrogens is 216 g/mol. The second kappa shape index (κ2) is 7.31. The van der Waals surface area contributed by atoms with Gasteiger partial charge in [0.25, 0.3) is 0 Å². The number of nitrogens with two attached hydrogens (primary N) is 1. The van der Waals surface area contributed by atoms with Gasteiger partial charge in [-0.25, -0.2) is 0 Å². The highest BCUT2D eigenvalue weighted by molar-refractivity contribution is 4.86. The Balaban J connectivity index is 2.50. The first-order valence-corrected chi connectivity index (χ1v) is 6.67. The summed E-state index contributed by atoms with van der Waals surface area (Å²) in [6.07, 6.45) is 5.00. The van der Waals surface area contributed by atoms with Gasteiger partial charge in [-0.1, -0.05) is 6.92 Å². The molecule has 2 atom stereocenters. The number of nitrogens with zero attached hydrogens (tertiary/aromatic N) is 1. The van der Waals surface area contributed by atoms with Crippen molar-refractivity contribution in [1.29, 1.82) is 0 Å². The summed E-state index contributed by atoms with van der Waals surface area (Å²) >= 11 is 0. The van der Waals surface area contributed by atoms with Gasteiger partial charge < -0.3 is 15.6 Å². The van der Waals surface area contributed by atoms with Crippen LogP contribution in [0.2, 0.25) is 0 Å². The molecule has 17 heavy (non-hydrogen) atoms. The molecule has 0 amide bonds. The van der Waals surface area contributed by atoms with E-state index in [1.165, 1.54) is 25.7 Å². The molecule has 1 aliphatic rings. The Morgan fingerprint density at radius 2 is 1.94 bits per heavy atom. The number of hydrogen-bond donors (Lipinski definition) is 2. The lowest BCUT2D eigenvalue weighted by molar-refractivity contribution is 0.0456. The largest absolute Gasteiger partial charge is 0.395 e. The van der Waals surface area contributed by atoms with Crippen molar-refractivity contribution in [3.63, 3.8) is 0 Å². The van der Waals surface area contributed by atoms with Crippen molar-refractivity contribution >= 4 is 0 Å². The maximum atomic E-state index is 9.50. The summed E-state index contributed by atoms with van der Waals surface area (Å²) in [7, 11) is 3.73. The average Bonchev–Trinajstić information content (AvgIpc) is 2.31. The monoisotopic (exact) mass is 244 g/mol. The van der Waals surface area contributed by atoms with E-state index in [0.717, 1.165) is 5.92 Å². The van der Waals surface area contributed by atoms with Crippen LogP contribution < -0.4 is 5.73 Å². The summed E-state index contributed by atoms with van der Waals surface area (Å²) in [4.78, 5) is 2.26. The zero-order valence-electron chi connectivity index (χ0n) is 11.4. The minimum Gasteiger partial charge on any atom is -0.395 e. The maximum absolute atomic E-state index is 9.50. The predicted octanol–water partition coefficient (Wildman–Crippen LogP) is 0.832. The third kappa shape index (κ3) is 4.21. The van der Waals surface area contributed by atoms with Crippen LogP contribution in [0.25, 0.3) is 0 Å². The van der Waals surface area contributed by atoms with Crippen LogP contribution in [0.1, 0.15) is 32.6 Å².